The smallest absolute Gasteiger partial charge is 0.342 e. The third-order valence-corrected chi connectivity index (χ3v) is 6.92. The first-order chi connectivity index (χ1) is 17.7. The molecule has 2 aliphatic heterocycles. The van der Waals surface area contributed by atoms with Gasteiger partial charge in [-0.3, -0.25) is 14.2 Å². The number of likely N-dealkylation sites (tertiary alicyclic amines) is 1. The van der Waals surface area contributed by atoms with Gasteiger partial charge in [0.05, 0.1) is 12.6 Å². The number of benzene rings is 1. The van der Waals surface area contributed by atoms with Crippen LogP contribution >= 0.6 is 7.37 Å². The molecule has 2 aliphatic rings. The van der Waals surface area contributed by atoms with E-state index in [1.807, 2.05) is 29.2 Å². The number of nitrogens with one attached hydrogen (secondary N) is 1. The summed E-state index contributed by atoms with van der Waals surface area (Å²) in [6.07, 6.45) is 13.5. The van der Waals surface area contributed by atoms with Gasteiger partial charge in [0.1, 0.15) is 23.7 Å². The fourth-order valence-electron chi connectivity index (χ4n) is 4.40. The molecule has 0 aliphatic carbocycles. The summed E-state index contributed by atoms with van der Waals surface area (Å²) in [5, 5.41) is 10.8. The number of phenols is 1. The zero-order chi connectivity index (χ0) is 26.8. The number of esters is 1. The molecule has 1 amide bonds. The van der Waals surface area contributed by atoms with Crippen LogP contribution in [0.5, 0.6) is 11.5 Å². The molecule has 204 valence electrons. The van der Waals surface area contributed by atoms with Gasteiger partial charge < -0.3 is 19.3 Å². The van der Waals surface area contributed by atoms with Crippen molar-refractivity contribution in [1.29, 1.82) is 0 Å². The zero-order valence-electron chi connectivity index (χ0n) is 22.0. The van der Waals surface area contributed by atoms with E-state index >= 15 is 0 Å². The van der Waals surface area contributed by atoms with Crippen LogP contribution in [0, 0.1) is 6.92 Å². The van der Waals surface area contributed by atoms with E-state index in [0.717, 1.165) is 45.2 Å². The van der Waals surface area contributed by atoms with E-state index in [9.17, 15) is 19.3 Å². The van der Waals surface area contributed by atoms with Gasteiger partial charge in [-0.1, -0.05) is 24.3 Å². The number of phenolic OH excluding ortho intramolecular Hbond substituents is 1. The molecule has 0 saturated carbocycles. The SMILES string of the molecule is Cc1c(OP(C)(C)=O)cc(O)c2c1CC(NOCC(=O)N1CCCCC1)/C=C/CC/C=C/CCOC2=O. The molecule has 1 saturated heterocycles. The number of cyclic esters (lactones) is 1. The van der Waals surface area contributed by atoms with E-state index in [0.29, 0.717) is 17.5 Å². The van der Waals surface area contributed by atoms with Crippen molar-refractivity contribution < 1.29 is 33.4 Å². The van der Waals surface area contributed by atoms with Crippen molar-refractivity contribution in [2.24, 2.45) is 0 Å². The predicted molar refractivity (Wildman–Crippen MR) is 142 cm³/mol. The van der Waals surface area contributed by atoms with E-state index < -0.39 is 19.4 Å². The highest BCUT2D eigenvalue weighted by Gasteiger charge is 2.26. The van der Waals surface area contributed by atoms with Gasteiger partial charge in [-0.2, -0.15) is 5.48 Å². The van der Waals surface area contributed by atoms with Gasteiger partial charge in [0, 0.05) is 32.5 Å². The van der Waals surface area contributed by atoms with E-state index in [4.69, 9.17) is 14.1 Å². The Balaban J connectivity index is 1.88. The van der Waals surface area contributed by atoms with Gasteiger partial charge in [0.2, 0.25) is 7.37 Å². The molecule has 1 aromatic rings. The van der Waals surface area contributed by atoms with Crippen LogP contribution in [0.4, 0.5) is 0 Å². The fraction of sp³-hybridized carbons (Fsp3) is 0.556. The van der Waals surface area contributed by atoms with Crippen LogP contribution in [0.3, 0.4) is 0 Å². The number of hydrogen-bond acceptors (Lipinski definition) is 8. The summed E-state index contributed by atoms with van der Waals surface area (Å²) in [4.78, 5) is 33.0. The first kappa shape index (κ1) is 29.0. The van der Waals surface area contributed by atoms with Crippen molar-refractivity contribution in [1.82, 2.24) is 10.4 Å². The first-order valence-corrected chi connectivity index (χ1v) is 15.4. The molecule has 0 bridgehead atoms. The van der Waals surface area contributed by atoms with Crippen LogP contribution in [-0.2, 0) is 25.4 Å². The Hall–Kier alpha value is -2.61. The maximum Gasteiger partial charge on any atom is 0.342 e. The molecule has 10 heteroatoms. The molecular formula is C27H39N2O7P. The summed E-state index contributed by atoms with van der Waals surface area (Å²) in [5.74, 6) is -0.781. The molecule has 3 rings (SSSR count). The van der Waals surface area contributed by atoms with Crippen LogP contribution in [0.15, 0.2) is 30.4 Å². The normalized spacial score (nSPS) is 21.3. The van der Waals surface area contributed by atoms with Crippen molar-refractivity contribution in [3.05, 3.63) is 47.1 Å². The summed E-state index contributed by atoms with van der Waals surface area (Å²) in [7, 11) is -2.93. The molecule has 1 aromatic carbocycles. The molecule has 9 nitrogen and oxygen atoms in total. The van der Waals surface area contributed by atoms with E-state index in [1.165, 1.54) is 19.4 Å². The highest BCUT2D eigenvalue weighted by Crippen LogP contribution is 2.43. The van der Waals surface area contributed by atoms with Crippen LogP contribution in [-0.4, -0.2) is 67.6 Å². The number of nitrogens with zero attached hydrogens (tertiary/aromatic N) is 1. The third-order valence-electron chi connectivity index (χ3n) is 6.29. The minimum atomic E-state index is -2.93. The Bertz CT molecular complexity index is 1060. The lowest BCUT2D eigenvalue weighted by atomic mass is 9.93. The fourth-order valence-corrected chi connectivity index (χ4v) is 5.07. The number of carbonyl (C=O) groups is 2. The predicted octanol–water partition coefficient (Wildman–Crippen LogP) is 4.52. The number of rotatable bonds is 6. The third kappa shape index (κ3) is 9.02. The van der Waals surface area contributed by atoms with Gasteiger partial charge in [0.25, 0.3) is 5.91 Å². The van der Waals surface area contributed by atoms with Crippen LogP contribution in [0.25, 0.3) is 0 Å². The largest absolute Gasteiger partial charge is 0.507 e. The highest BCUT2D eigenvalue weighted by atomic mass is 31.2. The average Bonchev–Trinajstić information content (AvgIpc) is 2.84. The highest BCUT2D eigenvalue weighted by molar-refractivity contribution is 7.57. The standard InChI is InChI=1S/C27H39N2O7P/c1-20-22-17-21(28-35-19-25(31)29-14-10-8-11-15-29)13-9-6-4-5-7-12-16-34-27(32)26(22)23(30)18-24(20)36-37(2,3)33/h5,7,9,13,18,21,28,30H,4,6,8,10-12,14-17,19H2,1-3H3/b7-5+,13-9+. The molecule has 0 spiro atoms. The second-order valence-corrected chi connectivity index (χ2v) is 12.5. The Morgan fingerprint density at radius 2 is 1.86 bits per heavy atom. The summed E-state index contributed by atoms with van der Waals surface area (Å²) in [5.41, 5.74) is 4.07. The van der Waals surface area contributed by atoms with Crippen molar-refractivity contribution in [2.75, 3.05) is 39.6 Å². The molecular weight excluding hydrogens is 495 g/mol. The van der Waals surface area contributed by atoms with Gasteiger partial charge in [-0.05, 0) is 63.0 Å². The second kappa shape index (κ2) is 13.8. The Kier molecular flexibility index (Phi) is 10.8. The van der Waals surface area contributed by atoms with E-state index in [-0.39, 0.29) is 42.6 Å². The van der Waals surface area contributed by atoms with E-state index in [1.54, 1.807) is 6.92 Å². The molecule has 37 heavy (non-hydrogen) atoms. The lowest BCUT2D eigenvalue weighted by molar-refractivity contribution is -0.140. The van der Waals surface area contributed by atoms with Gasteiger partial charge in [-0.15, -0.1) is 0 Å². The molecule has 0 radical (unpaired) electrons. The number of hydrogen-bond donors (Lipinski definition) is 2. The summed E-state index contributed by atoms with van der Waals surface area (Å²) in [6, 6.07) is 0.889. The van der Waals surface area contributed by atoms with Gasteiger partial charge in [-0.25, -0.2) is 4.79 Å². The number of fused-ring (bicyclic) bond motifs is 1. The van der Waals surface area contributed by atoms with E-state index in [2.05, 4.69) is 5.48 Å². The molecule has 0 aromatic heterocycles. The van der Waals surface area contributed by atoms with Crippen LogP contribution in [0.1, 0.15) is 60.0 Å². The number of piperidine rings is 1. The zero-order valence-corrected chi connectivity index (χ0v) is 22.9. The van der Waals surface area contributed by atoms with Crippen LogP contribution < -0.4 is 10.0 Å². The lowest BCUT2D eigenvalue weighted by Crippen LogP contribution is -2.40. The minimum Gasteiger partial charge on any atom is -0.507 e. The molecule has 2 N–H and O–H groups in total. The minimum absolute atomic E-state index is 0.0394. The van der Waals surface area contributed by atoms with Crippen molar-refractivity contribution in [3.8, 4) is 11.5 Å². The topological polar surface area (TPSA) is 114 Å². The molecule has 1 fully saturated rings. The molecule has 1 unspecified atom stereocenters. The maximum absolute atomic E-state index is 13.0. The Morgan fingerprint density at radius 3 is 2.59 bits per heavy atom. The summed E-state index contributed by atoms with van der Waals surface area (Å²) >= 11 is 0. The molecule has 2 heterocycles. The summed E-state index contributed by atoms with van der Waals surface area (Å²) in [6.45, 7) is 6.29. The lowest BCUT2D eigenvalue weighted by Gasteiger charge is -2.27. The first-order valence-electron chi connectivity index (χ1n) is 12.9. The maximum atomic E-state index is 13.0. The number of ether oxygens (including phenoxy) is 1. The second-order valence-electron chi connectivity index (χ2n) is 9.78. The number of amides is 1. The number of hydroxylamine groups is 1. The van der Waals surface area contributed by atoms with Crippen LogP contribution in [0.2, 0.25) is 0 Å². The average molecular weight is 535 g/mol. The number of carbonyl (C=O) groups excluding carboxylic acids is 2. The van der Waals surface area contributed by atoms with Gasteiger partial charge in [0.15, 0.2) is 0 Å². The number of allylic oxidation sites excluding steroid dienone is 2. The quantitative estimate of drug-likeness (QED) is 0.237. The van der Waals surface area contributed by atoms with Crippen molar-refractivity contribution >= 4 is 19.2 Å². The molecule has 1 atom stereocenters. The Labute approximate surface area is 219 Å². The Morgan fingerprint density at radius 1 is 1.16 bits per heavy atom. The van der Waals surface area contributed by atoms with Crippen molar-refractivity contribution in [2.45, 2.75) is 57.9 Å². The monoisotopic (exact) mass is 534 g/mol. The van der Waals surface area contributed by atoms with Crippen molar-refractivity contribution in [3.63, 3.8) is 0 Å². The number of aromatic hydroxyl groups is 1. The van der Waals surface area contributed by atoms with Gasteiger partial charge >= 0.3 is 5.97 Å². The summed E-state index contributed by atoms with van der Waals surface area (Å²) < 4.78 is 23.5.